The molecule has 0 bridgehead atoms. The van der Waals surface area contributed by atoms with Gasteiger partial charge >= 0.3 is 5.63 Å². The first kappa shape index (κ1) is 19.4. The average Bonchev–Trinajstić information content (AvgIpc) is 3.35. The molecule has 0 N–H and O–H groups in total. The van der Waals surface area contributed by atoms with Crippen molar-refractivity contribution in [1.82, 2.24) is 9.55 Å². The third kappa shape index (κ3) is 3.55. The molecule has 0 aliphatic carbocycles. The molecule has 5 nitrogen and oxygen atoms in total. The first-order valence-corrected chi connectivity index (χ1v) is 11.3. The van der Waals surface area contributed by atoms with Crippen LogP contribution in [0.3, 0.4) is 0 Å². The van der Waals surface area contributed by atoms with E-state index in [1.165, 1.54) is 5.69 Å². The number of aromatic nitrogens is 2. The predicted octanol–water partition coefficient (Wildman–Crippen LogP) is 5.23. The molecule has 1 fully saturated rings. The largest absolute Gasteiger partial charge is 0.423 e. The van der Waals surface area contributed by atoms with Crippen LogP contribution in [0.25, 0.3) is 21.7 Å². The molecule has 4 aromatic rings. The van der Waals surface area contributed by atoms with Gasteiger partial charge in [0, 0.05) is 29.5 Å². The third-order valence-corrected chi connectivity index (χ3v) is 6.93. The SMILES string of the molecule is Cc1nc(SCc2cc(=O)oc3ccc4ccccc4c23)n(CC2CCCO2)c1C. The number of hydrogen-bond acceptors (Lipinski definition) is 5. The van der Waals surface area contributed by atoms with Crippen molar-refractivity contribution < 1.29 is 9.15 Å². The fourth-order valence-electron chi connectivity index (χ4n) is 4.22. The van der Waals surface area contributed by atoms with Gasteiger partial charge in [-0.05, 0) is 49.1 Å². The van der Waals surface area contributed by atoms with Gasteiger partial charge in [-0.3, -0.25) is 0 Å². The molecule has 0 saturated carbocycles. The van der Waals surface area contributed by atoms with Gasteiger partial charge in [0.25, 0.3) is 0 Å². The number of fused-ring (bicyclic) bond motifs is 3. The molecule has 1 atom stereocenters. The highest BCUT2D eigenvalue weighted by atomic mass is 32.2. The van der Waals surface area contributed by atoms with Gasteiger partial charge in [0.05, 0.1) is 18.3 Å². The van der Waals surface area contributed by atoms with Crippen LogP contribution in [-0.2, 0) is 17.0 Å². The summed E-state index contributed by atoms with van der Waals surface area (Å²) in [6.07, 6.45) is 2.47. The minimum Gasteiger partial charge on any atom is -0.423 e. The van der Waals surface area contributed by atoms with Crippen molar-refractivity contribution in [2.75, 3.05) is 6.61 Å². The summed E-state index contributed by atoms with van der Waals surface area (Å²) in [6.45, 7) is 5.83. The highest BCUT2D eigenvalue weighted by molar-refractivity contribution is 7.98. The highest BCUT2D eigenvalue weighted by Gasteiger charge is 2.21. The Kier molecular flexibility index (Phi) is 5.13. The number of rotatable bonds is 5. The molecule has 1 aliphatic heterocycles. The van der Waals surface area contributed by atoms with E-state index in [1.54, 1.807) is 17.8 Å². The van der Waals surface area contributed by atoms with E-state index in [9.17, 15) is 4.79 Å². The quantitative estimate of drug-likeness (QED) is 0.251. The zero-order valence-electron chi connectivity index (χ0n) is 17.2. The van der Waals surface area contributed by atoms with Crippen LogP contribution in [0.15, 0.2) is 56.8 Å². The lowest BCUT2D eigenvalue weighted by atomic mass is 10.0. The van der Waals surface area contributed by atoms with Crippen molar-refractivity contribution in [3.8, 4) is 0 Å². The Morgan fingerprint density at radius 2 is 2.07 bits per heavy atom. The highest BCUT2D eigenvalue weighted by Crippen LogP contribution is 2.32. The average molecular weight is 421 g/mol. The molecular weight excluding hydrogens is 396 g/mol. The Balaban J connectivity index is 1.52. The van der Waals surface area contributed by atoms with Crippen LogP contribution in [0.2, 0.25) is 0 Å². The number of thioether (sulfide) groups is 1. The van der Waals surface area contributed by atoms with Gasteiger partial charge < -0.3 is 13.7 Å². The number of nitrogens with zero attached hydrogens (tertiary/aromatic N) is 2. The number of aryl methyl sites for hydroxylation is 1. The molecule has 154 valence electrons. The van der Waals surface area contributed by atoms with E-state index in [4.69, 9.17) is 14.1 Å². The Morgan fingerprint density at radius 1 is 1.20 bits per heavy atom. The molecule has 5 rings (SSSR count). The van der Waals surface area contributed by atoms with E-state index >= 15 is 0 Å². The van der Waals surface area contributed by atoms with Crippen LogP contribution < -0.4 is 5.63 Å². The van der Waals surface area contributed by atoms with E-state index in [2.05, 4.69) is 23.6 Å². The summed E-state index contributed by atoms with van der Waals surface area (Å²) in [5.74, 6) is 0.650. The van der Waals surface area contributed by atoms with E-state index < -0.39 is 0 Å². The van der Waals surface area contributed by atoms with Gasteiger partial charge in [0.2, 0.25) is 0 Å². The van der Waals surface area contributed by atoms with E-state index in [0.29, 0.717) is 11.3 Å². The zero-order valence-corrected chi connectivity index (χ0v) is 18.0. The monoisotopic (exact) mass is 420 g/mol. The molecule has 1 aliphatic rings. The minimum atomic E-state index is -0.316. The molecule has 3 heterocycles. The van der Waals surface area contributed by atoms with E-state index in [1.807, 2.05) is 31.2 Å². The Morgan fingerprint density at radius 3 is 2.90 bits per heavy atom. The van der Waals surface area contributed by atoms with E-state index in [0.717, 1.165) is 58.6 Å². The van der Waals surface area contributed by atoms with Crippen LogP contribution in [-0.4, -0.2) is 22.3 Å². The molecule has 0 spiro atoms. The van der Waals surface area contributed by atoms with E-state index in [-0.39, 0.29) is 11.7 Å². The van der Waals surface area contributed by atoms with Crippen LogP contribution in [0.5, 0.6) is 0 Å². The molecule has 0 amide bonds. The molecule has 6 heteroatoms. The summed E-state index contributed by atoms with van der Waals surface area (Å²) in [4.78, 5) is 17.0. The number of imidazole rings is 1. The molecule has 1 unspecified atom stereocenters. The van der Waals surface area contributed by atoms with Gasteiger partial charge in [-0.2, -0.15) is 0 Å². The van der Waals surface area contributed by atoms with Gasteiger partial charge in [0.1, 0.15) is 5.58 Å². The lowest BCUT2D eigenvalue weighted by molar-refractivity contribution is 0.0945. The molecule has 2 aromatic heterocycles. The standard InChI is InChI=1S/C24H24N2O3S/c1-15-16(2)26(13-19-7-5-11-28-19)24(25-15)30-14-18-12-22(27)29-21-10-9-17-6-3-4-8-20(17)23(18)21/h3-4,6,8-10,12,19H,5,7,11,13-14H2,1-2H3. The molecular formula is C24H24N2O3S. The summed E-state index contributed by atoms with van der Waals surface area (Å²) in [5, 5.41) is 4.22. The smallest absolute Gasteiger partial charge is 0.336 e. The van der Waals surface area contributed by atoms with Gasteiger partial charge in [-0.15, -0.1) is 0 Å². The number of hydrogen-bond donors (Lipinski definition) is 0. The molecule has 30 heavy (non-hydrogen) atoms. The molecule has 1 saturated heterocycles. The fraction of sp³-hybridized carbons (Fsp3) is 0.333. The number of ether oxygens (including phenoxy) is 1. The van der Waals surface area contributed by atoms with Gasteiger partial charge in [0.15, 0.2) is 5.16 Å². The summed E-state index contributed by atoms with van der Waals surface area (Å²) in [6, 6.07) is 13.7. The maximum atomic E-state index is 12.2. The predicted molar refractivity (Wildman–Crippen MR) is 120 cm³/mol. The zero-order chi connectivity index (χ0) is 20.7. The maximum Gasteiger partial charge on any atom is 0.336 e. The van der Waals surface area contributed by atoms with Crippen molar-refractivity contribution in [1.29, 1.82) is 0 Å². The van der Waals surface area contributed by atoms with Gasteiger partial charge in [-0.1, -0.05) is 42.1 Å². The molecule has 0 radical (unpaired) electrons. The second kappa shape index (κ2) is 7.93. The summed E-state index contributed by atoms with van der Waals surface area (Å²) >= 11 is 1.67. The summed E-state index contributed by atoms with van der Waals surface area (Å²) < 4.78 is 13.6. The first-order valence-electron chi connectivity index (χ1n) is 10.3. The second-order valence-corrected chi connectivity index (χ2v) is 8.79. The lowest BCUT2D eigenvalue weighted by Crippen LogP contribution is -2.16. The van der Waals surface area contributed by atoms with Crippen LogP contribution in [0.1, 0.15) is 29.8 Å². The van der Waals surface area contributed by atoms with Crippen molar-refractivity contribution in [2.24, 2.45) is 0 Å². The second-order valence-electron chi connectivity index (χ2n) is 7.85. The summed E-state index contributed by atoms with van der Waals surface area (Å²) in [7, 11) is 0. The van der Waals surface area contributed by atoms with Crippen LogP contribution >= 0.6 is 11.8 Å². The third-order valence-electron chi connectivity index (χ3n) is 5.90. The Bertz CT molecular complexity index is 1290. The topological polar surface area (TPSA) is 57.3 Å². The van der Waals surface area contributed by atoms with Crippen molar-refractivity contribution >= 4 is 33.5 Å². The van der Waals surface area contributed by atoms with Crippen molar-refractivity contribution in [3.63, 3.8) is 0 Å². The lowest BCUT2D eigenvalue weighted by Gasteiger charge is -2.15. The normalized spacial score (nSPS) is 16.7. The maximum absolute atomic E-state index is 12.2. The first-order chi connectivity index (χ1) is 14.6. The van der Waals surface area contributed by atoms with Crippen molar-refractivity contribution in [3.05, 3.63) is 69.8 Å². The van der Waals surface area contributed by atoms with Gasteiger partial charge in [-0.25, -0.2) is 9.78 Å². The Labute approximate surface area is 179 Å². The minimum absolute atomic E-state index is 0.255. The van der Waals surface area contributed by atoms with Crippen LogP contribution in [0, 0.1) is 13.8 Å². The fourth-order valence-corrected chi connectivity index (χ4v) is 5.30. The number of benzene rings is 2. The van der Waals surface area contributed by atoms with Crippen molar-refractivity contribution in [2.45, 2.75) is 50.2 Å². The van der Waals surface area contributed by atoms with Crippen LogP contribution in [0.4, 0.5) is 0 Å². The summed E-state index contributed by atoms with van der Waals surface area (Å²) in [5.41, 5.74) is 3.51. The molecule has 2 aromatic carbocycles. The Hall–Kier alpha value is -2.57.